The molecule has 1 atom stereocenters. The number of amides is 2. The number of anilines is 1. The maximum absolute atomic E-state index is 13.3. The minimum Gasteiger partial charge on any atom is -0.493 e. The van der Waals surface area contributed by atoms with Crippen LogP contribution in [0.4, 0.5) is 5.69 Å². The highest BCUT2D eigenvalue weighted by molar-refractivity contribution is 5.99. The fourth-order valence-electron chi connectivity index (χ4n) is 3.96. The Kier molecular flexibility index (Phi) is 8.09. The molecule has 2 aromatic rings. The van der Waals surface area contributed by atoms with Gasteiger partial charge in [0.2, 0.25) is 5.91 Å². The smallest absolute Gasteiger partial charge is 0.255 e. The molecule has 0 unspecified atom stereocenters. The van der Waals surface area contributed by atoms with Crippen molar-refractivity contribution in [3.63, 3.8) is 0 Å². The number of ketones is 1. The summed E-state index contributed by atoms with van der Waals surface area (Å²) < 4.78 is 5.57. The van der Waals surface area contributed by atoms with Crippen molar-refractivity contribution < 1.29 is 19.1 Å². The van der Waals surface area contributed by atoms with E-state index in [0.717, 1.165) is 5.69 Å². The Morgan fingerprint density at radius 3 is 2.18 bits per heavy atom. The molecular formula is C26H33N3O4. The Morgan fingerprint density at radius 2 is 1.61 bits per heavy atom. The zero-order chi connectivity index (χ0) is 24.0. The molecule has 1 fully saturated rings. The number of ether oxygens (including phenoxy) is 1. The standard InChI is InChI=1S/C26H33N3O4/c1-5-33-23-9-7-6-8-22(23)25(31)27-24(18(2)3)26(32)29-16-14-28(15-17-29)21-12-10-20(11-13-21)19(4)30/h6-13,18,24H,5,14-17H2,1-4H3,(H,27,31)/t24-/m0/s1. The fraction of sp³-hybridized carbons (Fsp3) is 0.423. The Morgan fingerprint density at radius 1 is 0.970 bits per heavy atom. The monoisotopic (exact) mass is 451 g/mol. The van der Waals surface area contributed by atoms with Crippen LogP contribution in [0.5, 0.6) is 5.75 Å². The summed E-state index contributed by atoms with van der Waals surface area (Å²) in [6.45, 7) is 10.3. The van der Waals surface area contributed by atoms with Crippen LogP contribution in [0.3, 0.4) is 0 Å². The molecule has 0 bridgehead atoms. The van der Waals surface area contributed by atoms with Crippen LogP contribution in [0.1, 0.15) is 48.4 Å². The molecule has 3 rings (SSSR count). The molecule has 33 heavy (non-hydrogen) atoms. The molecule has 0 radical (unpaired) electrons. The zero-order valence-electron chi connectivity index (χ0n) is 19.8. The molecule has 1 saturated heterocycles. The van der Waals surface area contributed by atoms with E-state index in [-0.39, 0.29) is 23.5 Å². The quantitative estimate of drug-likeness (QED) is 0.623. The average Bonchev–Trinajstić information content (AvgIpc) is 2.82. The zero-order valence-corrected chi connectivity index (χ0v) is 19.8. The lowest BCUT2D eigenvalue weighted by molar-refractivity contribution is -0.134. The molecule has 7 nitrogen and oxygen atoms in total. The molecule has 176 valence electrons. The van der Waals surface area contributed by atoms with Crippen LogP contribution in [-0.4, -0.2) is 61.3 Å². The summed E-state index contributed by atoms with van der Waals surface area (Å²) in [6.07, 6.45) is 0. The van der Waals surface area contributed by atoms with Crippen LogP contribution in [0.25, 0.3) is 0 Å². The summed E-state index contributed by atoms with van der Waals surface area (Å²) in [5, 5.41) is 2.93. The van der Waals surface area contributed by atoms with E-state index in [9.17, 15) is 14.4 Å². The van der Waals surface area contributed by atoms with Crippen molar-refractivity contribution in [2.24, 2.45) is 5.92 Å². The summed E-state index contributed by atoms with van der Waals surface area (Å²) in [5.74, 6) is 0.117. The summed E-state index contributed by atoms with van der Waals surface area (Å²) in [5.41, 5.74) is 2.15. The van der Waals surface area contributed by atoms with Crippen molar-refractivity contribution in [1.29, 1.82) is 0 Å². The van der Waals surface area contributed by atoms with E-state index < -0.39 is 6.04 Å². The number of hydrogen-bond acceptors (Lipinski definition) is 5. The molecule has 1 N–H and O–H groups in total. The van der Waals surface area contributed by atoms with Crippen LogP contribution < -0.4 is 15.0 Å². The summed E-state index contributed by atoms with van der Waals surface area (Å²) in [4.78, 5) is 41.8. The van der Waals surface area contributed by atoms with Crippen molar-refractivity contribution >= 4 is 23.3 Å². The van der Waals surface area contributed by atoms with Gasteiger partial charge in [0.15, 0.2) is 5.78 Å². The maximum atomic E-state index is 13.3. The molecule has 2 amide bonds. The highest BCUT2D eigenvalue weighted by Crippen LogP contribution is 2.21. The van der Waals surface area contributed by atoms with Crippen LogP contribution in [-0.2, 0) is 4.79 Å². The predicted octanol–water partition coefficient (Wildman–Crippen LogP) is 3.39. The van der Waals surface area contributed by atoms with Crippen molar-refractivity contribution in [3.05, 3.63) is 59.7 Å². The van der Waals surface area contributed by atoms with E-state index >= 15 is 0 Å². The molecule has 2 aromatic carbocycles. The Labute approximate surface area is 195 Å². The first-order chi connectivity index (χ1) is 15.8. The van der Waals surface area contributed by atoms with Gasteiger partial charge < -0.3 is 19.9 Å². The third-order valence-electron chi connectivity index (χ3n) is 5.88. The van der Waals surface area contributed by atoms with Gasteiger partial charge in [-0.15, -0.1) is 0 Å². The number of benzene rings is 2. The van der Waals surface area contributed by atoms with Gasteiger partial charge in [-0.05, 0) is 56.2 Å². The normalized spacial score (nSPS) is 14.7. The van der Waals surface area contributed by atoms with E-state index in [1.807, 2.05) is 56.0 Å². The molecule has 0 spiro atoms. The third-order valence-corrected chi connectivity index (χ3v) is 5.88. The van der Waals surface area contributed by atoms with Crippen LogP contribution >= 0.6 is 0 Å². The molecule has 7 heteroatoms. The van der Waals surface area contributed by atoms with Gasteiger partial charge in [0.25, 0.3) is 5.91 Å². The van der Waals surface area contributed by atoms with Gasteiger partial charge in [-0.2, -0.15) is 0 Å². The van der Waals surface area contributed by atoms with Crippen molar-refractivity contribution in [2.75, 3.05) is 37.7 Å². The third kappa shape index (κ3) is 5.92. The van der Waals surface area contributed by atoms with Gasteiger partial charge in [-0.1, -0.05) is 26.0 Å². The van der Waals surface area contributed by atoms with Gasteiger partial charge in [0.1, 0.15) is 11.8 Å². The highest BCUT2D eigenvalue weighted by Gasteiger charge is 2.31. The van der Waals surface area contributed by atoms with Gasteiger partial charge in [0.05, 0.1) is 12.2 Å². The number of para-hydroxylation sites is 1. The van der Waals surface area contributed by atoms with E-state index in [0.29, 0.717) is 49.7 Å². The van der Waals surface area contributed by atoms with Crippen molar-refractivity contribution in [1.82, 2.24) is 10.2 Å². The summed E-state index contributed by atoms with van der Waals surface area (Å²) >= 11 is 0. The summed E-state index contributed by atoms with van der Waals surface area (Å²) in [6, 6.07) is 14.0. The number of hydrogen-bond donors (Lipinski definition) is 1. The molecule has 0 saturated carbocycles. The number of carbonyl (C=O) groups is 3. The largest absolute Gasteiger partial charge is 0.493 e. The van der Waals surface area contributed by atoms with Crippen LogP contribution in [0, 0.1) is 5.92 Å². The van der Waals surface area contributed by atoms with Gasteiger partial charge in [0, 0.05) is 37.4 Å². The molecule has 0 aliphatic carbocycles. The van der Waals surface area contributed by atoms with Gasteiger partial charge in [-0.3, -0.25) is 14.4 Å². The lowest BCUT2D eigenvalue weighted by atomic mass is 10.0. The van der Waals surface area contributed by atoms with Crippen LogP contribution in [0.15, 0.2) is 48.5 Å². The first-order valence-electron chi connectivity index (χ1n) is 11.5. The number of nitrogens with one attached hydrogen (secondary N) is 1. The fourth-order valence-corrected chi connectivity index (χ4v) is 3.96. The summed E-state index contributed by atoms with van der Waals surface area (Å²) in [7, 11) is 0. The molecule has 1 aliphatic heterocycles. The lowest BCUT2D eigenvalue weighted by Crippen LogP contribution is -2.56. The Bertz CT molecular complexity index is 979. The van der Waals surface area contributed by atoms with Crippen molar-refractivity contribution in [2.45, 2.75) is 33.7 Å². The minimum atomic E-state index is -0.617. The number of nitrogens with zero attached hydrogens (tertiary/aromatic N) is 2. The SMILES string of the molecule is CCOc1ccccc1C(=O)N[C@H](C(=O)N1CCN(c2ccc(C(C)=O)cc2)CC1)C(C)C. The lowest BCUT2D eigenvalue weighted by Gasteiger charge is -2.38. The van der Waals surface area contributed by atoms with Gasteiger partial charge >= 0.3 is 0 Å². The second-order valence-corrected chi connectivity index (χ2v) is 8.54. The number of carbonyl (C=O) groups excluding carboxylic acids is 3. The molecular weight excluding hydrogens is 418 g/mol. The Balaban J connectivity index is 1.64. The highest BCUT2D eigenvalue weighted by atomic mass is 16.5. The second kappa shape index (κ2) is 11.0. The molecule has 1 aliphatic rings. The topological polar surface area (TPSA) is 79.0 Å². The number of rotatable bonds is 8. The second-order valence-electron chi connectivity index (χ2n) is 8.54. The molecule has 1 heterocycles. The number of piperazine rings is 1. The average molecular weight is 452 g/mol. The van der Waals surface area contributed by atoms with Crippen LogP contribution in [0.2, 0.25) is 0 Å². The first-order valence-corrected chi connectivity index (χ1v) is 11.5. The van der Waals surface area contributed by atoms with E-state index in [4.69, 9.17) is 4.74 Å². The Hall–Kier alpha value is -3.35. The first kappa shape index (κ1) is 24.3. The molecule has 0 aromatic heterocycles. The van der Waals surface area contributed by atoms with Crippen molar-refractivity contribution in [3.8, 4) is 5.75 Å². The van der Waals surface area contributed by atoms with E-state index in [2.05, 4.69) is 10.2 Å². The van der Waals surface area contributed by atoms with E-state index in [1.54, 1.807) is 25.1 Å². The number of Topliss-reactive ketones (excluding diaryl/α,β-unsaturated/α-hetero) is 1. The maximum Gasteiger partial charge on any atom is 0.255 e. The minimum absolute atomic E-state index is 0.0441. The van der Waals surface area contributed by atoms with Gasteiger partial charge in [-0.25, -0.2) is 0 Å². The van der Waals surface area contributed by atoms with E-state index in [1.165, 1.54) is 0 Å². The predicted molar refractivity (Wildman–Crippen MR) is 129 cm³/mol.